The van der Waals surface area contributed by atoms with Gasteiger partial charge in [-0.05, 0) is 24.1 Å². The Hall–Kier alpha value is -3.29. The lowest BCUT2D eigenvalue weighted by molar-refractivity contribution is -0.125. The molecule has 1 heterocycles. The molecule has 0 saturated carbocycles. The fraction of sp³-hybridized carbons (Fsp3) is 0.167. The van der Waals surface area contributed by atoms with Gasteiger partial charge in [-0.15, -0.1) is 0 Å². The minimum Gasteiger partial charge on any atom is -0.326 e. The van der Waals surface area contributed by atoms with Crippen molar-refractivity contribution in [3.63, 3.8) is 0 Å². The van der Waals surface area contributed by atoms with Crippen molar-refractivity contribution in [3.8, 4) is 0 Å². The molecule has 2 aromatic rings. The Bertz CT molecular complexity index is 873. The molecule has 0 bridgehead atoms. The molecule has 3 N–H and O–H groups in total. The second-order valence-electron chi connectivity index (χ2n) is 5.86. The zero-order chi connectivity index (χ0) is 18.7. The number of hydrogen-bond donors (Lipinski definition) is 3. The van der Waals surface area contributed by atoms with Crippen molar-refractivity contribution in [1.29, 1.82) is 0 Å². The van der Waals surface area contributed by atoms with Gasteiger partial charge in [0.15, 0.2) is 11.6 Å². The largest absolute Gasteiger partial charge is 0.326 e. The summed E-state index contributed by atoms with van der Waals surface area (Å²) in [6, 6.07) is 10.9. The van der Waals surface area contributed by atoms with Gasteiger partial charge in [0.25, 0.3) is 5.91 Å². The first-order valence-electron chi connectivity index (χ1n) is 7.85. The van der Waals surface area contributed by atoms with Gasteiger partial charge in [-0.3, -0.25) is 14.9 Å². The van der Waals surface area contributed by atoms with Gasteiger partial charge < -0.3 is 10.6 Å². The van der Waals surface area contributed by atoms with Crippen LogP contribution in [0.5, 0.6) is 0 Å². The molecule has 6 nitrogen and oxygen atoms in total. The molecule has 0 aliphatic carbocycles. The normalized spacial score (nSPS) is 19.0. The molecule has 4 amide bonds. The van der Waals surface area contributed by atoms with Gasteiger partial charge >= 0.3 is 6.03 Å². The number of urea groups is 1. The lowest BCUT2D eigenvalue weighted by atomic mass is 9.85. The second-order valence-corrected chi connectivity index (χ2v) is 5.86. The van der Waals surface area contributed by atoms with Crippen LogP contribution >= 0.6 is 0 Å². The number of carbonyl (C=O) groups excluding carboxylic acids is 3. The Balaban J connectivity index is 1.74. The summed E-state index contributed by atoms with van der Waals surface area (Å²) in [5.41, 5.74) is -0.712. The Labute approximate surface area is 147 Å². The quantitative estimate of drug-likeness (QED) is 0.717. The average molecular weight is 359 g/mol. The van der Waals surface area contributed by atoms with Gasteiger partial charge in [-0.1, -0.05) is 30.3 Å². The molecule has 26 heavy (non-hydrogen) atoms. The van der Waals surface area contributed by atoms with Crippen LogP contribution in [0.15, 0.2) is 48.5 Å². The monoisotopic (exact) mass is 359 g/mol. The van der Waals surface area contributed by atoms with Gasteiger partial charge in [-0.2, -0.15) is 0 Å². The summed E-state index contributed by atoms with van der Waals surface area (Å²) in [4.78, 5) is 36.1. The van der Waals surface area contributed by atoms with Crippen LogP contribution in [0.2, 0.25) is 0 Å². The maximum Gasteiger partial charge on any atom is 0.322 e. The van der Waals surface area contributed by atoms with E-state index in [1.54, 1.807) is 30.3 Å². The molecule has 1 saturated heterocycles. The van der Waals surface area contributed by atoms with E-state index in [1.165, 1.54) is 6.07 Å². The molecule has 0 radical (unpaired) electrons. The molecule has 8 heteroatoms. The number of hydrogen-bond acceptors (Lipinski definition) is 3. The van der Waals surface area contributed by atoms with E-state index in [9.17, 15) is 23.2 Å². The van der Waals surface area contributed by atoms with Gasteiger partial charge in [0.2, 0.25) is 5.91 Å². The van der Waals surface area contributed by atoms with E-state index < -0.39 is 35.0 Å². The maximum absolute atomic E-state index is 13.2. The van der Waals surface area contributed by atoms with E-state index in [4.69, 9.17) is 0 Å². The molecular formula is C18H15F2N3O3. The third-order valence-corrected chi connectivity index (χ3v) is 4.14. The minimum atomic E-state index is -1.36. The highest BCUT2D eigenvalue weighted by Gasteiger charge is 2.47. The van der Waals surface area contributed by atoms with Crippen molar-refractivity contribution < 1.29 is 23.2 Å². The van der Waals surface area contributed by atoms with Crippen molar-refractivity contribution >= 4 is 23.5 Å². The third kappa shape index (κ3) is 3.39. The van der Waals surface area contributed by atoms with Crippen molar-refractivity contribution in [2.24, 2.45) is 0 Å². The zero-order valence-electron chi connectivity index (χ0n) is 13.5. The third-order valence-electron chi connectivity index (χ3n) is 4.14. The summed E-state index contributed by atoms with van der Waals surface area (Å²) in [5, 5.41) is 7.20. The predicted molar refractivity (Wildman–Crippen MR) is 89.0 cm³/mol. The summed E-state index contributed by atoms with van der Waals surface area (Å²) < 4.78 is 26.1. The highest BCUT2D eigenvalue weighted by atomic mass is 19.2. The number of imide groups is 1. The average Bonchev–Trinajstić information content (AvgIpc) is 2.92. The number of nitrogens with one attached hydrogen (secondary N) is 3. The summed E-state index contributed by atoms with van der Waals surface area (Å²) in [7, 11) is 0. The van der Waals surface area contributed by atoms with Gasteiger partial charge in [0.1, 0.15) is 5.54 Å². The minimum absolute atomic E-state index is 0.00406. The van der Waals surface area contributed by atoms with Crippen molar-refractivity contribution in [3.05, 3.63) is 65.7 Å². The first-order chi connectivity index (χ1) is 12.4. The fourth-order valence-electron chi connectivity index (χ4n) is 2.84. The van der Waals surface area contributed by atoms with Gasteiger partial charge in [-0.25, -0.2) is 13.6 Å². The van der Waals surface area contributed by atoms with E-state index in [2.05, 4.69) is 16.0 Å². The SMILES string of the molecule is O=C(CCC1(c2ccccc2)NC(=O)NC1=O)Nc1ccc(F)c(F)c1. The molecule has 2 aromatic carbocycles. The molecule has 3 rings (SSSR count). The fourth-order valence-corrected chi connectivity index (χ4v) is 2.84. The second kappa shape index (κ2) is 6.91. The number of amides is 4. The molecule has 1 aliphatic heterocycles. The lowest BCUT2D eigenvalue weighted by Gasteiger charge is -2.26. The Kier molecular flexibility index (Phi) is 4.66. The van der Waals surface area contributed by atoms with E-state index in [0.29, 0.717) is 5.56 Å². The number of anilines is 1. The van der Waals surface area contributed by atoms with E-state index in [1.807, 2.05) is 0 Å². The zero-order valence-corrected chi connectivity index (χ0v) is 13.5. The van der Waals surface area contributed by atoms with Crippen LogP contribution in [-0.4, -0.2) is 17.8 Å². The molecule has 1 aliphatic rings. The van der Waals surface area contributed by atoms with Crippen LogP contribution in [0.4, 0.5) is 19.3 Å². The van der Waals surface area contributed by atoms with Gasteiger partial charge in [0, 0.05) is 18.2 Å². The van der Waals surface area contributed by atoms with Crippen molar-refractivity contribution in [2.75, 3.05) is 5.32 Å². The first kappa shape index (κ1) is 17.5. The predicted octanol–water partition coefficient (Wildman–Crippen LogP) is 2.42. The molecule has 1 atom stereocenters. The highest BCUT2D eigenvalue weighted by molar-refractivity contribution is 6.07. The standard InChI is InChI=1S/C18H15F2N3O3/c19-13-7-6-12(10-14(13)20)21-15(24)8-9-18(11-4-2-1-3-5-11)16(25)22-17(26)23-18/h1-7,10H,8-9H2,(H,21,24)(H2,22,23,25,26). The first-order valence-corrected chi connectivity index (χ1v) is 7.85. The lowest BCUT2D eigenvalue weighted by Crippen LogP contribution is -2.44. The van der Waals surface area contributed by atoms with Crippen LogP contribution in [0, 0.1) is 11.6 Å². The Morgan fingerprint density at radius 1 is 1.04 bits per heavy atom. The van der Waals surface area contributed by atoms with Crippen LogP contribution in [0.25, 0.3) is 0 Å². The summed E-state index contributed by atoms with van der Waals surface area (Å²) >= 11 is 0. The molecule has 134 valence electrons. The summed E-state index contributed by atoms with van der Waals surface area (Å²) in [5.74, 6) is -3.14. The Morgan fingerprint density at radius 3 is 2.38 bits per heavy atom. The van der Waals surface area contributed by atoms with E-state index in [0.717, 1.165) is 12.1 Å². The van der Waals surface area contributed by atoms with Crippen molar-refractivity contribution in [2.45, 2.75) is 18.4 Å². The summed E-state index contributed by atoms with van der Waals surface area (Å²) in [6.07, 6.45) is -0.119. The molecular weight excluding hydrogens is 344 g/mol. The molecule has 1 unspecified atom stereocenters. The number of carbonyl (C=O) groups is 3. The molecule has 0 spiro atoms. The topological polar surface area (TPSA) is 87.3 Å². The van der Waals surface area contributed by atoms with E-state index in [-0.39, 0.29) is 18.5 Å². The summed E-state index contributed by atoms with van der Waals surface area (Å²) in [6.45, 7) is 0. The maximum atomic E-state index is 13.2. The molecule has 1 fully saturated rings. The van der Waals surface area contributed by atoms with Crippen LogP contribution in [0.3, 0.4) is 0 Å². The van der Waals surface area contributed by atoms with Crippen LogP contribution < -0.4 is 16.0 Å². The Morgan fingerprint density at radius 2 is 1.77 bits per heavy atom. The molecule has 0 aromatic heterocycles. The van der Waals surface area contributed by atoms with Gasteiger partial charge in [0.05, 0.1) is 0 Å². The smallest absolute Gasteiger partial charge is 0.322 e. The van der Waals surface area contributed by atoms with Crippen LogP contribution in [0.1, 0.15) is 18.4 Å². The number of benzene rings is 2. The number of rotatable bonds is 5. The van der Waals surface area contributed by atoms with Crippen LogP contribution in [-0.2, 0) is 15.1 Å². The highest BCUT2D eigenvalue weighted by Crippen LogP contribution is 2.30. The van der Waals surface area contributed by atoms with E-state index >= 15 is 0 Å². The van der Waals surface area contributed by atoms with Crippen molar-refractivity contribution in [1.82, 2.24) is 10.6 Å². The number of halogens is 2.